The van der Waals surface area contributed by atoms with Crippen molar-refractivity contribution in [3.8, 4) is 0 Å². The van der Waals surface area contributed by atoms with Crippen LogP contribution in [-0.4, -0.2) is 40.5 Å². The average Bonchev–Trinajstić information content (AvgIpc) is 2.34. The van der Waals surface area contributed by atoms with Crippen LogP contribution in [0.5, 0.6) is 0 Å². The minimum atomic E-state index is -0.839. The Morgan fingerprint density at radius 2 is 1.74 bits per heavy atom. The molecule has 0 bridgehead atoms. The predicted octanol–water partition coefficient (Wildman–Crippen LogP) is 2.00. The van der Waals surface area contributed by atoms with E-state index < -0.39 is 17.9 Å². The van der Waals surface area contributed by atoms with Crippen LogP contribution in [0, 0.1) is 5.92 Å². The van der Waals surface area contributed by atoms with Crippen LogP contribution in [0.1, 0.15) is 34.1 Å². The van der Waals surface area contributed by atoms with Crippen LogP contribution in [0.4, 0.5) is 0 Å². The fourth-order valence-electron chi connectivity index (χ4n) is 1.32. The number of hydrogen-bond acceptors (Lipinski definition) is 6. The second-order valence-electron chi connectivity index (χ2n) is 4.09. The molecule has 110 valence electrons. The van der Waals surface area contributed by atoms with E-state index in [1.807, 2.05) is 13.8 Å². The lowest BCUT2D eigenvalue weighted by Crippen LogP contribution is -2.38. The second-order valence-corrected chi connectivity index (χ2v) is 4.94. The Hall–Kier alpha value is -0.820. The van der Waals surface area contributed by atoms with Crippen LogP contribution in [0.2, 0.25) is 0 Å². The SMILES string of the molecule is CCOC(=O)CC(C(=O)OCC)C(=S)N(S)C(C)C. The fraction of sp³-hybridized carbons (Fsp3) is 0.750. The van der Waals surface area contributed by atoms with Crippen LogP contribution in [-0.2, 0) is 19.1 Å². The maximum atomic E-state index is 11.9. The van der Waals surface area contributed by atoms with E-state index in [1.165, 1.54) is 4.31 Å². The first kappa shape index (κ1) is 18.2. The Morgan fingerprint density at radius 3 is 2.16 bits per heavy atom. The van der Waals surface area contributed by atoms with Crippen molar-refractivity contribution in [2.75, 3.05) is 13.2 Å². The van der Waals surface area contributed by atoms with E-state index in [1.54, 1.807) is 13.8 Å². The van der Waals surface area contributed by atoms with Crippen molar-refractivity contribution in [1.29, 1.82) is 0 Å². The van der Waals surface area contributed by atoms with E-state index in [0.717, 1.165) is 0 Å². The molecule has 0 N–H and O–H groups in total. The molecule has 0 radical (unpaired) electrons. The van der Waals surface area contributed by atoms with Gasteiger partial charge in [0.2, 0.25) is 0 Å². The van der Waals surface area contributed by atoms with Crippen molar-refractivity contribution in [2.45, 2.75) is 40.2 Å². The van der Waals surface area contributed by atoms with Crippen LogP contribution >= 0.6 is 25.0 Å². The van der Waals surface area contributed by atoms with Crippen molar-refractivity contribution in [3.05, 3.63) is 0 Å². The summed E-state index contributed by atoms with van der Waals surface area (Å²) >= 11 is 9.44. The molecule has 5 nitrogen and oxygen atoms in total. The maximum Gasteiger partial charge on any atom is 0.316 e. The summed E-state index contributed by atoms with van der Waals surface area (Å²) in [5, 5.41) is 0. The van der Waals surface area contributed by atoms with Gasteiger partial charge in [-0.2, -0.15) is 0 Å². The molecule has 0 amide bonds. The summed E-state index contributed by atoms with van der Waals surface area (Å²) < 4.78 is 11.3. The van der Waals surface area contributed by atoms with Crippen molar-refractivity contribution in [1.82, 2.24) is 4.31 Å². The molecule has 1 atom stereocenters. The topological polar surface area (TPSA) is 55.8 Å². The zero-order valence-electron chi connectivity index (χ0n) is 11.7. The number of thiol groups is 1. The summed E-state index contributed by atoms with van der Waals surface area (Å²) in [6.07, 6.45) is -0.130. The van der Waals surface area contributed by atoms with Gasteiger partial charge in [0, 0.05) is 6.04 Å². The summed E-state index contributed by atoms with van der Waals surface area (Å²) in [7, 11) is 0. The smallest absolute Gasteiger partial charge is 0.316 e. The molecule has 0 saturated heterocycles. The molecule has 1 unspecified atom stereocenters. The van der Waals surface area contributed by atoms with Crippen LogP contribution in [0.25, 0.3) is 0 Å². The van der Waals surface area contributed by atoms with Gasteiger partial charge in [-0.15, -0.1) is 0 Å². The first-order valence-electron chi connectivity index (χ1n) is 6.19. The minimum Gasteiger partial charge on any atom is -0.466 e. The van der Waals surface area contributed by atoms with Gasteiger partial charge in [0.25, 0.3) is 0 Å². The Bertz CT molecular complexity index is 334. The summed E-state index contributed by atoms with van der Waals surface area (Å²) in [4.78, 5) is 23.7. The molecule has 0 aromatic carbocycles. The average molecular weight is 307 g/mol. The molecule has 0 fully saturated rings. The number of ether oxygens (including phenoxy) is 2. The summed E-state index contributed by atoms with van der Waals surface area (Å²) in [5.41, 5.74) is 0. The highest BCUT2D eigenvalue weighted by Crippen LogP contribution is 2.17. The van der Waals surface area contributed by atoms with E-state index in [4.69, 9.17) is 21.7 Å². The molecule has 0 rings (SSSR count). The van der Waals surface area contributed by atoms with Crippen LogP contribution in [0.3, 0.4) is 0 Å². The molecule has 0 aromatic heterocycles. The number of carbonyl (C=O) groups excluding carboxylic acids is 2. The lowest BCUT2D eigenvalue weighted by atomic mass is 10.1. The van der Waals surface area contributed by atoms with Gasteiger partial charge in [0.05, 0.1) is 19.6 Å². The predicted molar refractivity (Wildman–Crippen MR) is 79.9 cm³/mol. The summed E-state index contributed by atoms with van der Waals surface area (Å²) in [5.74, 6) is -1.84. The molecule has 0 aliphatic heterocycles. The number of esters is 2. The molecule has 7 heteroatoms. The Kier molecular flexibility index (Phi) is 8.75. The van der Waals surface area contributed by atoms with E-state index in [-0.39, 0.29) is 30.7 Å². The lowest BCUT2D eigenvalue weighted by Gasteiger charge is -2.26. The fourth-order valence-corrected chi connectivity index (χ4v) is 1.84. The molecule has 19 heavy (non-hydrogen) atoms. The molecule has 0 saturated carbocycles. The van der Waals surface area contributed by atoms with E-state index in [0.29, 0.717) is 0 Å². The first-order valence-corrected chi connectivity index (χ1v) is 7.00. The highest BCUT2D eigenvalue weighted by Gasteiger charge is 2.31. The molecule has 0 aliphatic carbocycles. The zero-order valence-corrected chi connectivity index (χ0v) is 13.4. The highest BCUT2D eigenvalue weighted by molar-refractivity contribution is 7.84. The van der Waals surface area contributed by atoms with E-state index in [9.17, 15) is 9.59 Å². The number of thiocarbonyl (C=S) groups is 1. The Morgan fingerprint density at radius 1 is 1.21 bits per heavy atom. The molecule has 0 heterocycles. The van der Waals surface area contributed by atoms with Crippen molar-refractivity contribution < 1.29 is 19.1 Å². The molecular formula is C12H21NO4S2. The number of nitrogens with zero attached hydrogens (tertiary/aromatic N) is 1. The molecule has 0 aliphatic rings. The van der Waals surface area contributed by atoms with Gasteiger partial charge in [-0.05, 0) is 27.7 Å². The Balaban J connectivity index is 4.90. The van der Waals surface area contributed by atoms with Gasteiger partial charge in [-0.1, -0.05) is 25.0 Å². The lowest BCUT2D eigenvalue weighted by molar-refractivity contribution is -0.152. The quantitative estimate of drug-likeness (QED) is 0.441. The number of rotatable bonds is 7. The second kappa shape index (κ2) is 9.14. The number of hydrogen-bond donors (Lipinski definition) is 1. The monoisotopic (exact) mass is 307 g/mol. The van der Waals surface area contributed by atoms with Crippen LogP contribution in [0.15, 0.2) is 0 Å². The molecule has 0 aromatic rings. The van der Waals surface area contributed by atoms with E-state index in [2.05, 4.69) is 12.8 Å². The minimum absolute atomic E-state index is 0.00922. The first-order chi connectivity index (χ1) is 8.84. The standard InChI is InChI=1S/C12H21NO4S2/c1-5-16-10(14)7-9(12(15)17-6-2)11(18)13(19)8(3)4/h8-9,19H,5-7H2,1-4H3. The van der Waals surface area contributed by atoms with Gasteiger partial charge in [0.15, 0.2) is 0 Å². The van der Waals surface area contributed by atoms with Gasteiger partial charge < -0.3 is 13.8 Å². The maximum absolute atomic E-state index is 11.9. The largest absolute Gasteiger partial charge is 0.466 e. The van der Waals surface area contributed by atoms with Gasteiger partial charge in [-0.25, -0.2) is 0 Å². The third kappa shape index (κ3) is 6.24. The number of carbonyl (C=O) groups is 2. The van der Waals surface area contributed by atoms with Gasteiger partial charge in [0.1, 0.15) is 10.9 Å². The van der Waals surface area contributed by atoms with E-state index >= 15 is 0 Å². The summed E-state index contributed by atoms with van der Waals surface area (Å²) in [6, 6.07) is 0.00922. The van der Waals surface area contributed by atoms with Crippen LogP contribution < -0.4 is 0 Å². The highest BCUT2D eigenvalue weighted by atomic mass is 32.1. The van der Waals surface area contributed by atoms with Crippen molar-refractivity contribution in [3.63, 3.8) is 0 Å². The molecular weight excluding hydrogens is 286 g/mol. The van der Waals surface area contributed by atoms with Gasteiger partial charge in [-0.3, -0.25) is 9.59 Å². The normalized spacial score (nSPS) is 11.9. The molecule has 0 spiro atoms. The third-order valence-corrected chi connectivity index (χ3v) is 3.55. The van der Waals surface area contributed by atoms with Gasteiger partial charge >= 0.3 is 11.9 Å². The Labute approximate surface area is 125 Å². The summed E-state index contributed by atoms with van der Waals surface area (Å²) in [6.45, 7) is 7.65. The zero-order chi connectivity index (χ0) is 15.0. The van der Waals surface area contributed by atoms with Crippen molar-refractivity contribution >= 4 is 42.0 Å². The van der Waals surface area contributed by atoms with Crippen molar-refractivity contribution in [2.24, 2.45) is 5.92 Å². The third-order valence-electron chi connectivity index (χ3n) is 2.26.